The maximum absolute atomic E-state index is 9.00. The van der Waals surface area contributed by atoms with Crippen LogP contribution in [0.4, 0.5) is 5.69 Å². The first-order valence-electron chi connectivity index (χ1n) is 5.19. The number of benzene rings is 1. The van der Waals surface area contributed by atoms with Gasteiger partial charge in [0.05, 0.1) is 18.4 Å². The summed E-state index contributed by atoms with van der Waals surface area (Å²) in [5.41, 5.74) is 1.49. The predicted molar refractivity (Wildman–Crippen MR) is 59.0 cm³/mol. The number of hydrogen-bond donors (Lipinski definition) is 1. The molecule has 3 heteroatoms. The van der Waals surface area contributed by atoms with Crippen molar-refractivity contribution in [1.82, 2.24) is 0 Å². The van der Waals surface area contributed by atoms with E-state index in [2.05, 4.69) is 11.4 Å². The van der Waals surface area contributed by atoms with E-state index in [0.29, 0.717) is 11.6 Å². The fourth-order valence-electron chi connectivity index (χ4n) is 1.70. The van der Waals surface area contributed by atoms with E-state index in [1.54, 1.807) is 7.11 Å². The number of rotatable bonds is 3. The van der Waals surface area contributed by atoms with Gasteiger partial charge in [-0.3, -0.25) is 0 Å². The zero-order valence-electron chi connectivity index (χ0n) is 8.79. The molecule has 78 valence electrons. The van der Waals surface area contributed by atoms with Crippen LogP contribution in [0.2, 0.25) is 0 Å². The second kappa shape index (κ2) is 4.22. The summed E-state index contributed by atoms with van der Waals surface area (Å²) in [7, 11) is 1.63. The topological polar surface area (TPSA) is 45.0 Å². The van der Waals surface area contributed by atoms with E-state index in [9.17, 15) is 0 Å². The summed E-state index contributed by atoms with van der Waals surface area (Å²) in [5, 5.41) is 12.4. The zero-order valence-corrected chi connectivity index (χ0v) is 8.79. The molecule has 1 aliphatic carbocycles. The molecule has 0 unspecified atom stereocenters. The third kappa shape index (κ3) is 1.89. The Balaban J connectivity index is 2.28. The van der Waals surface area contributed by atoms with E-state index in [4.69, 9.17) is 10.00 Å². The van der Waals surface area contributed by atoms with Gasteiger partial charge in [0.25, 0.3) is 0 Å². The van der Waals surface area contributed by atoms with Crippen LogP contribution in [0.5, 0.6) is 5.75 Å². The van der Waals surface area contributed by atoms with Crippen molar-refractivity contribution in [1.29, 1.82) is 5.26 Å². The molecule has 1 saturated carbocycles. The number of anilines is 1. The molecule has 0 aliphatic heterocycles. The molecule has 1 fully saturated rings. The van der Waals surface area contributed by atoms with E-state index < -0.39 is 0 Å². The molecule has 3 nitrogen and oxygen atoms in total. The Morgan fingerprint density at radius 2 is 2.27 bits per heavy atom. The van der Waals surface area contributed by atoms with Gasteiger partial charge in [-0.15, -0.1) is 0 Å². The Hall–Kier alpha value is -1.69. The predicted octanol–water partition coefficient (Wildman–Crippen LogP) is 2.53. The van der Waals surface area contributed by atoms with Gasteiger partial charge in [-0.2, -0.15) is 5.26 Å². The quantitative estimate of drug-likeness (QED) is 0.819. The Morgan fingerprint density at radius 3 is 2.80 bits per heavy atom. The molecule has 15 heavy (non-hydrogen) atoms. The second-order valence-electron chi connectivity index (χ2n) is 3.77. The van der Waals surface area contributed by atoms with Gasteiger partial charge in [0, 0.05) is 6.04 Å². The molecule has 1 aromatic rings. The van der Waals surface area contributed by atoms with Gasteiger partial charge in [-0.05, 0) is 31.4 Å². The number of methoxy groups -OCH3 is 1. The normalized spacial score (nSPS) is 15.2. The lowest BCUT2D eigenvalue weighted by atomic mass is 9.92. The van der Waals surface area contributed by atoms with Gasteiger partial charge < -0.3 is 10.1 Å². The highest BCUT2D eigenvalue weighted by atomic mass is 16.5. The Bertz CT molecular complexity index is 391. The number of nitrogens with one attached hydrogen (secondary N) is 1. The molecule has 1 aromatic carbocycles. The summed E-state index contributed by atoms with van der Waals surface area (Å²) in [6.45, 7) is 0. The molecular formula is C12H14N2O. The zero-order chi connectivity index (χ0) is 10.7. The SMILES string of the molecule is COc1cccc(C#N)c1NC1CCC1. The molecule has 0 spiro atoms. The maximum Gasteiger partial charge on any atom is 0.143 e. The molecule has 0 amide bonds. The van der Waals surface area contributed by atoms with Crippen LogP contribution in [0.15, 0.2) is 18.2 Å². The molecule has 1 N–H and O–H groups in total. The highest BCUT2D eigenvalue weighted by Gasteiger charge is 2.20. The molecule has 2 rings (SSSR count). The third-order valence-corrected chi connectivity index (χ3v) is 2.82. The first kappa shape index (κ1) is 9.85. The first-order chi connectivity index (χ1) is 7.35. The van der Waals surface area contributed by atoms with Gasteiger partial charge in [0.15, 0.2) is 0 Å². The van der Waals surface area contributed by atoms with Gasteiger partial charge >= 0.3 is 0 Å². The molecule has 0 radical (unpaired) electrons. The van der Waals surface area contributed by atoms with Crippen LogP contribution in [0.25, 0.3) is 0 Å². The second-order valence-corrected chi connectivity index (χ2v) is 3.77. The smallest absolute Gasteiger partial charge is 0.143 e. The Labute approximate surface area is 89.7 Å². The molecule has 0 saturated heterocycles. The van der Waals surface area contributed by atoms with Crippen molar-refractivity contribution in [2.24, 2.45) is 0 Å². The fourth-order valence-corrected chi connectivity index (χ4v) is 1.70. The highest BCUT2D eigenvalue weighted by Crippen LogP contribution is 2.32. The van der Waals surface area contributed by atoms with Crippen LogP contribution < -0.4 is 10.1 Å². The van der Waals surface area contributed by atoms with Crippen molar-refractivity contribution in [2.45, 2.75) is 25.3 Å². The largest absolute Gasteiger partial charge is 0.495 e. The van der Waals surface area contributed by atoms with Crippen LogP contribution in [0.3, 0.4) is 0 Å². The minimum absolute atomic E-state index is 0.508. The minimum atomic E-state index is 0.508. The van der Waals surface area contributed by atoms with Gasteiger partial charge in [-0.25, -0.2) is 0 Å². The molecule has 0 atom stereocenters. The lowest BCUT2D eigenvalue weighted by Gasteiger charge is -2.28. The average Bonchev–Trinajstić information content (AvgIpc) is 2.23. The van der Waals surface area contributed by atoms with Crippen molar-refractivity contribution < 1.29 is 4.74 Å². The standard InChI is InChI=1S/C12H14N2O/c1-15-11-7-2-4-9(8-13)12(11)14-10-5-3-6-10/h2,4,7,10,14H,3,5-6H2,1H3. The highest BCUT2D eigenvalue weighted by molar-refractivity contribution is 5.66. The third-order valence-electron chi connectivity index (χ3n) is 2.82. The van der Waals surface area contributed by atoms with Gasteiger partial charge in [-0.1, -0.05) is 6.07 Å². The number of hydrogen-bond acceptors (Lipinski definition) is 3. The van der Waals surface area contributed by atoms with Gasteiger partial charge in [0.1, 0.15) is 11.8 Å². The van der Waals surface area contributed by atoms with E-state index in [1.807, 2.05) is 18.2 Å². The summed E-state index contributed by atoms with van der Waals surface area (Å²) in [6.07, 6.45) is 3.64. The number of nitriles is 1. The molecule has 0 heterocycles. The summed E-state index contributed by atoms with van der Waals surface area (Å²) < 4.78 is 5.24. The number of para-hydroxylation sites is 1. The first-order valence-corrected chi connectivity index (χ1v) is 5.19. The number of nitrogens with zero attached hydrogens (tertiary/aromatic N) is 1. The lowest BCUT2D eigenvalue weighted by Crippen LogP contribution is -2.27. The van der Waals surface area contributed by atoms with E-state index >= 15 is 0 Å². The maximum atomic E-state index is 9.00. The Morgan fingerprint density at radius 1 is 1.47 bits per heavy atom. The van der Waals surface area contributed by atoms with Crippen LogP contribution in [0.1, 0.15) is 24.8 Å². The molecular weight excluding hydrogens is 188 g/mol. The van der Waals surface area contributed by atoms with Gasteiger partial charge in [0.2, 0.25) is 0 Å². The Kier molecular flexibility index (Phi) is 2.77. The van der Waals surface area contributed by atoms with Crippen LogP contribution >= 0.6 is 0 Å². The molecule has 0 aromatic heterocycles. The van der Waals surface area contributed by atoms with E-state index in [1.165, 1.54) is 19.3 Å². The van der Waals surface area contributed by atoms with Crippen molar-refractivity contribution in [3.63, 3.8) is 0 Å². The van der Waals surface area contributed by atoms with E-state index in [0.717, 1.165) is 11.4 Å². The monoisotopic (exact) mass is 202 g/mol. The van der Waals surface area contributed by atoms with Crippen LogP contribution in [0, 0.1) is 11.3 Å². The van der Waals surface area contributed by atoms with Crippen molar-refractivity contribution >= 4 is 5.69 Å². The minimum Gasteiger partial charge on any atom is -0.495 e. The summed E-state index contributed by atoms with van der Waals surface area (Å²) in [6, 6.07) is 8.21. The number of ether oxygens (including phenoxy) is 1. The van der Waals surface area contributed by atoms with E-state index in [-0.39, 0.29) is 0 Å². The average molecular weight is 202 g/mol. The van der Waals surface area contributed by atoms with Crippen molar-refractivity contribution in [3.05, 3.63) is 23.8 Å². The van der Waals surface area contributed by atoms with Crippen molar-refractivity contribution in [2.75, 3.05) is 12.4 Å². The van der Waals surface area contributed by atoms with Crippen LogP contribution in [-0.2, 0) is 0 Å². The molecule has 1 aliphatic rings. The van der Waals surface area contributed by atoms with Crippen LogP contribution in [-0.4, -0.2) is 13.2 Å². The summed E-state index contributed by atoms with van der Waals surface area (Å²) in [5.74, 6) is 0.751. The van der Waals surface area contributed by atoms with Crippen molar-refractivity contribution in [3.8, 4) is 11.8 Å². The fraction of sp³-hybridized carbons (Fsp3) is 0.417. The lowest BCUT2D eigenvalue weighted by molar-refractivity contribution is 0.409. The molecule has 0 bridgehead atoms. The summed E-state index contributed by atoms with van der Waals surface area (Å²) in [4.78, 5) is 0. The summed E-state index contributed by atoms with van der Waals surface area (Å²) >= 11 is 0.